The van der Waals surface area contributed by atoms with Gasteiger partial charge in [-0.3, -0.25) is 0 Å². The number of nitrogens with one attached hydrogen (secondary N) is 1. The van der Waals surface area contributed by atoms with Gasteiger partial charge in [0, 0.05) is 0 Å². The maximum absolute atomic E-state index is 3.25. The molecule has 0 aromatic heterocycles. The predicted octanol–water partition coefficient (Wildman–Crippen LogP) is 5.55. The van der Waals surface area contributed by atoms with E-state index < -0.39 is 0 Å². The van der Waals surface area contributed by atoms with Gasteiger partial charge < -0.3 is 5.32 Å². The molecule has 0 fully saturated rings. The third kappa shape index (κ3) is 7.13. The second-order valence-corrected chi connectivity index (χ2v) is 6.52. The fraction of sp³-hybridized carbons (Fsp3) is 0.700. The minimum atomic E-state index is 0.652. The van der Waals surface area contributed by atoms with Crippen molar-refractivity contribution in [2.45, 2.75) is 71.6 Å². The Balaban J connectivity index is 2.55. The van der Waals surface area contributed by atoms with E-state index in [1.54, 1.807) is 0 Å². The van der Waals surface area contributed by atoms with Gasteiger partial charge in [-0.15, -0.1) is 0 Å². The molecule has 0 aliphatic rings. The summed E-state index contributed by atoms with van der Waals surface area (Å²) >= 11 is 0. The largest absolute Gasteiger partial charge is 0.320 e. The molecule has 0 heterocycles. The molecule has 21 heavy (non-hydrogen) atoms. The average Bonchev–Trinajstić information content (AvgIpc) is 2.51. The molecule has 1 heteroatoms. The topological polar surface area (TPSA) is 12.0 Å². The molecule has 0 saturated heterocycles. The van der Waals surface area contributed by atoms with Crippen LogP contribution in [0.25, 0.3) is 0 Å². The third-order valence-electron chi connectivity index (χ3n) is 4.58. The van der Waals surface area contributed by atoms with Crippen molar-refractivity contribution in [3.8, 4) is 0 Å². The Bertz CT molecular complexity index is 366. The van der Waals surface area contributed by atoms with Crippen LogP contribution >= 0.6 is 0 Å². The van der Waals surface area contributed by atoms with Crippen molar-refractivity contribution < 1.29 is 0 Å². The van der Waals surface area contributed by atoms with Crippen LogP contribution in [0.15, 0.2) is 24.3 Å². The summed E-state index contributed by atoms with van der Waals surface area (Å²) < 4.78 is 0. The molecule has 0 aliphatic heterocycles. The molecule has 1 aromatic rings. The first kappa shape index (κ1) is 18.2. The van der Waals surface area contributed by atoms with E-state index in [0.717, 1.165) is 12.5 Å². The van der Waals surface area contributed by atoms with Crippen molar-refractivity contribution in [2.75, 3.05) is 13.6 Å². The van der Waals surface area contributed by atoms with E-state index in [-0.39, 0.29) is 0 Å². The lowest BCUT2D eigenvalue weighted by Crippen LogP contribution is -2.10. The quantitative estimate of drug-likeness (QED) is 0.563. The molecule has 0 radical (unpaired) electrons. The van der Waals surface area contributed by atoms with Gasteiger partial charge >= 0.3 is 0 Å². The third-order valence-corrected chi connectivity index (χ3v) is 4.58. The highest BCUT2D eigenvalue weighted by molar-refractivity contribution is 5.26. The number of hydrogen-bond donors (Lipinski definition) is 1. The van der Waals surface area contributed by atoms with Gasteiger partial charge in [-0.05, 0) is 55.8 Å². The van der Waals surface area contributed by atoms with E-state index in [0.29, 0.717) is 5.92 Å². The van der Waals surface area contributed by atoms with E-state index in [1.807, 2.05) is 7.05 Å². The van der Waals surface area contributed by atoms with Crippen LogP contribution in [0.2, 0.25) is 0 Å². The molecule has 1 atom stereocenters. The van der Waals surface area contributed by atoms with Gasteiger partial charge in [-0.25, -0.2) is 0 Å². The molecule has 0 saturated carbocycles. The van der Waals surface area contributed by atoms with Crippen LogP contribution in [-0.4, -0.2) is 13.6 Å². The van der Waals surface area contributed by atoms with Crippen LogP contribution in [-0.2, 0) is 6.42 Å². The lowest BCUT2D eigenvalue weighted by Gasteiger charge is -2.16. The Hall–Kier alpha value is -0.820. The lowest BCUT2D eigenvalue weighted by atomic mass is 9.90. The minimum Gasteiger partial charge on any atom is -0.320 e. The van der Waals surface area contributed by atoms with Crippen LogP contribution in [0.3, 0.4) is 0 Å². The standard InChI is InChI=1S/C20H35N/c1-5-8-18(9-6-2)12-13-19-10-7-11-20(16-19)17(3)14-15-21-4/h7,10-11,16-18,21H,5-6,8-9,12-15H2,1-4H3. The van der Waals surface area contributed by atoms with E-state index in [4.69, 9.17) is 0 Å². The van der Waals surface area contributed by atoms with Crippen molar-refractivity contribution in [1.82, 2.24) is 5.32 Å². The van der Waals surface area contributed by atoms with E-state index >= 15 is 0 Å². The van der Waals surface area contributed by atoms with Gasteiger partial charge in [0.1, 0.15) is 0 Å². The van der Waals surface area contributed by atoms with E-state index in [2.05, 4.69) is 50.4 Å². The summed E-state index contributed by atoms with van der Waals surface area (Å²) in [4.78, 5) is 0. The molecule has 0 aliphatic carbocycles. The zero-order valence-electron chi connectivity index (χ0n) is 14.6. The second-order valence-electron chi connectivity index (χ2n) is 6.52. The number of hydrogen-bond acceptors (Lipinski definition) is 1. The average molecular weight is 290 g/mol. The van der Waals surface area contributed by atoms with E-state index in [9.17, 15) is 0 Å². The second kappa shape index (κ2) is 10.8. The highest BCUT2D eigenvalue weighted by Crippen LogP contribution is 2.23. The SMILES string of the molecule is CCCC(CCC)CCc1cccc(C(C)CCNC)c1. The molecule has 0 spiro atoms. The Labute approximate surface area is 132 Å². The first-order valence-electron chi connectivity index (χ1n) is 8.94. The highest BCUT2D eigenvalue weighted by atomic mass is 14.8. The van der Waals surface area contributed by atoms with Gasteiger partial charge in [-0.2, -0.15) is 0 Å². The molecule has 1 aromatic carbocycles. The van der Waals surface area contributed by atoms with Crippen molar-refractivity contribution in [3.05, 3.63) is 35.4 Å². The van der Waals surface area contributed by atoms with Gasteiger partial charge in [0.25, 0.3) is 0 Å². The summed E-state index contributed by atoms with van der Waals surface area (Å²) in [7, 11) is 2.03. The van der Waals surface area contributed by atoms with Gasteiger partial charge in [-0.1, -0.05) is 70.7 Å². The predicted molar refractivity (Wildman–Crippen MR) is 95.0 cm³/mol. The first-order valence-corrected chi connectivity index (χ1v) is 8.94. The van der Waals surface area contributed by atoms with Crippen molar-refractivity contribution in [1.29, 1.82) is 0 Å². The lowest BCUT2D eigenvalue weighted by molar-refractivity contribution is 0.411. The summed E-state index contributed by atoms with van der Waals surface area (Å²) in [5.41, 5.74) is 3.03. The summed E-state index contributed by atoms with van der Waals surface area (Å²) in [6.45, 7) is 8.06. The fourth-order valence-electron chi connectivity index (χ4n) is 3.20. The molecule has 0 bridgehead atoms. The van der Waals surface area contributed by atoms with Crippen LogP contribution in [0, 0.1) is 5.92 Å². The van der Waals surface area contributed by atoms with Crippen LogP contribution in [0.5, 0.6) is 0 Å². The smallest absolute Gasteiger partial charge is 0.00462 e. The molecule has 1 rings (SSSR count). The van der Waals surface area contributed by atoms with Crippen LogP contribution < -0.4 is 5.32 Å². The molecule has 1 N–H and O–H groups in total. The molecular formula is C20H35N. The van der Waals surface area contributed by atoms with Crippen LogP contribution in [0.1, 0.15) is 76.3 Å². The highest BCUT2D eigenvalue weighted by Gasteiger charge is 2.09. The number of rotatable bonds is 11. The maximum atomic E-state index is 3.25. The van der Waals surface area contributed by atoms with Crippen molar-refractivity contribution in [3.63, 3.8) is 0 Å². The maximum Gasteiger partial charge on any atom is -0.00462 e. The fourth-order valence-corrected chi connectivity index (χ4v) is 3.20. The van der Waals surface area contributed by atoms with Crippen molar-refractivity contribution in [2.24, 2.45) is 5.92 Å². The molecular weight excluding hydrogens is 254 g/mol. The monoisotopic (exact) mass is 289 g/mol. The summed E-state index contributed by atoms with van der Waals surface area (Å²) in [5.74, 6) is 1.57. The van der Waals surface area contributed by atoms with Crippen molar-refractivity contribution >= 4 is 0 Å². The Morgan fingerprint density at radius 2 is 1.71 bits per heavy atom. The van der Waals surface area contributed by atoms with Gasteiger partial charge in [0.15, 0.2) is 0 Å². The minimum absolute atomic E-state index is 0.652. The van der Waals surface area contributed by atoms with Gasteiger partial charge in [0.05, 0.1) is 0 Å². The first-order chi connectivity index (χ1) is 10.2. The number of aryl methyl sites for hydroxylation is 1. The Morgan fingerprint density at radius 1 is 1.00 bits per heavy atom. The van der Waals surface area contributed by atoms with Gasteiger partial charge in [0.2, 0.25) is 0 Å². The zero-order chi connectivity index (χ0) is 15.5. The molecule has 1 nitrogen and oxygen atoms in total. The van der Waals surface area contributed by atoms with Crippen LogP contribution in [0.4, 0.5) is 0 Å². The molecule has 120 valence electrons. The number of benzene rings is 1. The van der Waals surface area contributed by atoms with E-state index in [1.165, 1.54) is 56.1 Å². The molecule has 1 unspecified atom stereocenters. The normalized spacial score (nSPS) is 12.8. The summed E-state index contributed by atoms with van der Waals surface area (Å²) in [6.07, 6.45) is 9.26. The zero-order valence-corrected chi connectivity index (χ0v) is 14.6. The Morgan fingerprint density at radius 3 is 2.33 bits per heavy atom. The summed E-state index contributed by atoms with van der Waals surface area (Å²) in [6, 6.07) is 9.28. The Kier molecular flexibility index (Phi) is 9.41. The molecule has 0 amide bonds. The summed E-state index contributed by atoms with van der Waals surface area (Å²) in [5, 5.41) is 3.25.